The summed E-state index contributed by atoms with van der Waals surface area (Å²) in [7, 11) is 0. The van der Waals surface area contributed by atoms with E-state index in [4.69, 9.17) is 0 Å². The molecule has 6 nitrogen and oxygen atoms in total. The third-order valence-electron chi connectivity index (χ3n) is 2.70. The monoisotopic (exact) mass is 355 g/mol. The van der Waals surface area contributed by atoms with Crippen LogP contribution in [0.4, 0.5) is 16.3 Å². The Labute approximate surface area is 156 Å². The van der Waals surface area contributed by atoms with Gasteiger partial charge >= 0.3 is 6.03 Å². The van der Waals surface area contributed by atoms with E-state index in [1.165, 1.54) is 12.4 Å². The van der Waals surface area contributed by atoms with Crippen molar-refractivity contribution in [1.82, 2.24) is 15.0 Å². The van der Waals surface area contributed by atoms with Crippen molar-refractivity contribution < 1.29 is 4.79 Å². The Bertz CT molecular complexity index is 742. The number of amides is 2. The molecule has 0 spiro atoms. The number of fused-ring (bicyclic) bond motifs is 1. The van der Waals surface area contributed by atoms with Crippen LogP contribution in [0.1, 0.15) is 41.5 Å². The second-order valence-electron chi connectivity index (χ2n) is 4.05. The van der Waals surface area contributed by atoms with Crippen LogP contribution in [0.15, 0.2) is 55.1 Å². The lowest BCUT2D eigenvalue weighted by molar-refractivity contribution is 0.262. The van der Waals surface area contributed by atoms with Gasteiger partial charge in [-0.1, -0.05) is 59.7 Å². The first-order valence-electron chi connectivity index (χ1n) is 9.01. The van der Waals surface area contributed by atoms with Crippen molar-refractivity contribution in [1.29, 1.82) is 0 Å². The highest BCUT2D eigenvalue weighted by atomic mass is 16.2. The van der Waals surface area contributed by atoms with Crippen LogP contribution >= 0.6 is 0 Å². The Morgan fingerprint density at radius 3 is 2.15 bits per heavy atom. The van der Waals surface area contributed by atoms with Gasteiger partial charge in [0.25, 0.3) is 0 Å². The van der Waals surface area contributed by atoms with E-state index in [1.807, 2.05) is 65.8 Å². The van der Waals surface area contributed by atoms with Crippen molar-refractivity contribution in [3.05, 3.63) is 55.1 Å². The topological polar surface area (TPSA) is 79.8 Å². The first kappa shape index (κ1) is 23.0. The van der Waals surface area contributed by atoms with E-state index in [-0.39, 0.29) is 6.03 Å². The van der Waals surface area contributed by atoms with Crippen molar-refractivity contribution in [3.63, 3.8) is 0 Å². The van der Waals surface area contributed by atoms with Crippen LogP contribution in [-0.2, 0) is 0 Å². The lowest BCUT2D eigenvalue weighted by atomic mass is 10.2. The standard InChI is InChI=1S/C14H11N5O.3C2H6/c20-14(19-13-9-15-7-8-17-13)18-12-5-6-16-11-4-2-1-3-10(11)12;3*1-2/h1-9H,(H2,16,17,18,19,20);3*1-2H3. The largest absolute Gasteiger partial charge is 0.324 e. The number of benzene rings is 1. The normalized spacial score (nSPS) is 8.54. The molecule has 2 heterocycles. The molecular weight excluding hydrogens is 326 g/mol. The minimum atomic E-state index is -0.373. The molecule has 3 rings (SSSR count). The number of urea groups is 1. The molecule has 3 aromatic rings. The van der Waals surface area contributed by atoms with Gasteiger partial charge in [-0.25, -0.2) is 9.78 Å². The van der Waals surface area contributed by atoms with Gasteiger partial charge in [-0.05, 0) is 12.1 Å². The Hall–Kier alpha value is -3.02. The summed E-state index contributed by atoms with van der Waals surface area (Å²) < 4.78 is 0. The number of carbonyl (C=O) groups excluding carboxylic acids is 1. The van der Waals surface area contributed by atoms with Crippen molar-refractivity contribution in [2.24, 2.45) is 0 Å². The molecule has 0 aliphatic heterocycles. The number of hydrogen-bond donors (Lipinski definition) is 2. The van der Waals surface area contributed by atoms with Crippen molar-refractivity contribution in [2.45, 2.75) is 41.5 Å². The first-order chi connectivity index (χ1) is 12.8. The molecule has 140 valence electrons. The van der Waals surface area contributed by atoms with E-state index >= 15 is 0 Å². The molecule has 0 aliphatic carbocycles. The van der Waals surface area contributed by atoms with Gasteiger partial charge < -0.3 is 5.32 Å². The lowest BCUT2D eigenvalue weighted by Gasteiger charge is -2.08. The minimum Gasteiger partial charge on any atom is -0.307 e. The molecule has 0 fully saturated rings. The predicted molar refractivity (Wildman–Crippen MR) is 110 cm³/mol. The molecule has 2 aromatic heterocycles. The molecule has 0 atom stereocenters. The van der Waals surface area contributed by atoms with Crippen LogP contribution in [0.2, 0.25) is 0 Å². The zero-order valence-corrected chi connectivity index (χ0v) is 16.4. The number of nitrogens with one attached hydrogen (secondary N) is 2. The fourth-order valence-corrected chi connectivity index (χ4v) is 1.84. The quantitative estimate of drug-likeness (QED) is 0.613. The SMILES string of the molecule is CC.CC.CC.O=C(Nc1cnccn1)Nc1ccnc2ccccc12. The number of anilines is 2. The van der Waals surface area contributed by atoms with Crippen LogP contribution in [0.3, 0.4) is 0 Å². The van der Waals surface area contributed by atoms with E-state index in [0.717, 1.165) is 10.9 Å². The van der Waals surface area contributed by atoms with Gasteiger partial charge in [-0.2, -0.15) is 0 Å². The molecule has 2 amide bonds. The van der Waals surface area contributed by atoms with Crippen LogP contribution in [-0.4, -0.2) is 21.0 Å². The Kier molecular flexibility index (Phi) is 12.7. The smallest absolute Gasteiger partial charge is 0.307 e. The summed E-state index contributed by atoms with van der Waals surface area (Å²) >= 11 is 0. The molecule has 0 bridgehead atoms. The second-order valence-corrected chi connectivity index (χ2v) is 4.05. The lowest BCUT2D eigenvalue weighted by Crippen LogP contribution is -2.20. The zero-order valence-electron chi connectivity index (χ0n) is 16.4. The fraction of sp³-hybridized carbons (Fsp3) is 0.300. The van der Waals surface area contributed by atoms with Gasteiger partial charge in [0, 0.05) is 24.0 Å². The summed E-state index contributed by atoms with van der Waals surface area (Å²) in [5.74, 6) is 0.392. The minimum absolute atomic E-state index is 0.373. The highest BCUT2D eigenvalue weighted by molar-refractivity contribution is 6.04. The molecule has 0 saturated carbocycles. The van der Waals surface area contributed by atoms with Crippen molar-refractivity contribution >= 4 is 28.4 Å². The molecular formula is C20H29N5O. The van der Waals surface area contributed by atoms with Crippen molar-refractivity contribution in [2.75, 3.05) is 10.6 Å². The maximum atomic E-state index is 11.9. The number of carbonyl (C=O) groups is 1. The van der Waals surface area contributed by atoms with Crippen molar-refractivity contribution in [3.8, 4) is 0 Å². The average molecular weight is 355 g/mol. The zero-order chi connectivity index (χ0) is 19.8. The summed E-state index contributed by atoms with van der Waals surface area (Å²) in [4.78, 5) is 24.0. The molecule has 0 unspecified atom stereocenters. The number of aromatic nitrogens is 3. The number of nitrogens with zero attached hydrogens (tertiary/aromatic N) is 3. The second kappa shape index (κ2) is 14.3. The number of para-hydroxylation sites is 1. The maximum Gasteiger partial charge on any atom is 0.324 e. The third-order valence-corrected chi connectivity index (χ3v) is 2.70. The van der Waals surface area contributed by atoms with Gasteiger partial charge in [0.05, 0.1) is 17.4 Å². The first-order valence-corrected chi connectivity index (χ1v) is 9.01. The van der Waals surface area contributed by atoms with E-state index in [2.05, 4.69) is 25.6 Å². The number of pyridine rings is 1. The highest BCUT2D eigenvalue weighted by Gasteiger charge is 2.06. The summed E-state index contributed by atoms with van der Waals surface area (Å²) in [6.07, 6.45) is 6.18. The Morgan fingerprint density at radius 1 is 0.808 bits per heavy atom. The van der Waals surface area contributed by atoms with Gasteiger partial charge in [-0.15, -0.1) is 0 Å². The van der Waals surface area contributed by atoms with Gasteiger partial charge in [0.2, 0.25) is 0 Å². The molecule has 0 radical (unpaired) electrons. The molecule has 26 heavy (non-hydrogen) atoms. The average Bonchev–Trinajstić information content (AvgIpc) is 2.73. The molecule has 0 saturated heterocycles. The van der Waals surface area contributed by atoms with E-state index < -0.39 is 0 Å². The van der Waals surface area contributed by atoms with E-state index in [9.17, 15) is 4.79 Å². The summed E-state index contributed by atoms with van der Waals surface area (Å²) in [5.41, 5.74) is 1.52. The highest BCUT2D eigenvalue weighted by Crippen LogP contribution is 2.20. The number of rotatable bonds is 2. The molecule has 1 aromatic carbocycles. The Morgan fingerprint density at radius 2 is 1.50 bits per heavy atom. The van der Waals surface area contributed by atoms with E-state index in [1.54, 1.807) is 18.5 Å². The molecule has 6 heteroatoms. The van der Waals surface area contributed by atoms with Gasteiger partial charge in [-0.3, -0.25) is 15.3 Å². The van der Waals surface area contributed by atoms with Gasteiger partial charge in [0.15, 0.2) is 5.82 Å². The number of hydrogen-bond acceptors (Lipinski definition) is 4. The molecule has 0 aliphatic rings. The van der Waals surface area contributed by atoms with Crippen LogP contribution in [0.5, 0.6) is 0 Å². The summed E-state index contributed by atoms with van der Waals surface area (Å²) in [5, 5.41) is 6.27. The Balaban J connectivity index is 0.000000948. The van der Waals surface area contributed by atoms with E-state index in [0.29, 0.717) is 11.5 Å². The van der Waals surface area contributed by atoms with Crippen LogP contribution in [0.25, 0.3) is 10.9 Å². The van der Waals surface area contributed by atoms with Gasteiger partial charge in [0.1, 0.15) is 0 Å². The van der Waals surface area contributed by atoms with Crippen LogP contribution in [0, 0.1) is 0 Å². The summed E-state index contributed by atoms with van der Waals surface area (Å²) in [6.45, 7) is 12.0. The summed E-state index contributed by atoms with van der Waals surface area (Å²) in [6, 6.07) is 8.97. The fourth-order valence-electron chi connectivity index (χ4n) is 1.84. The molecule has 2 N–H and O–H groups in total. The predicted octanol–water partition coefficient (Wildman–Crippen LogP) is 5.75. The maximum absolute atomic E-state index is 11.9. The third kappa shape index (κ3) is 7.25. The van der Waals surface area contributed by atoms with Crippen LogP contribution < -0.4 is 10.6 Å².